The van der Waals surface area contributed by atoms with Crippen molar-refractivity contribution in [2.45, 2.75) is 12.8 Å². The van der Waals surface area contributed by atoms with Gasteiger partial charge < -0.3 is 4.89 Å². The molecule has 0 radical (unpaired) electrons. The Kier molecular flexibility index (Phi) is 4.72. The van der Waals surface area contributed by atoms with Crippen LogP contribution in [0.3, 0.4) is 0 Å². The van der Waals surface area contributed by atoms with Crippen LogP contribution in [0.5, 0.6) is 0 Å². The van der Waals surface area contributed by atoms with Crippen molar-refractivity contribution in [2.75, 3.05) is 6.61 Å². The van der Waals surface area contributed by atoms with Gasteiger partial charge in [0.1, 0.15) is 5.76 Å². The molecule has 0 spiro atoms. The summed E-state index contributed by atoms with van der Waals surface area (Å²) in [6.45, 7) is 4.27. The van der Waals surface area contributed by atoms with Crippen LogP contribution < -0.4 is 0 Å². The predicted molar refractivity (Wildman–Crippen MR) is 51.9 cm³/mol. The number of benzene rings is 1. The van der Waals surface area contributed by atoms with Gasteiger partial charge in [-0.15, -0.1) is 0 Å². The molecule has 1 heterocycles. The molecule has 1 aromatic carbocycles. The van der Waals surface area contributed by atoms with Crippen LogP contribution in [0.2, 0.25) is 0 Å². The van der Waals surface area contributed by atoms with E-state index in [1.165, 1.54) is 0 Å². The van der Waals surface area contributed by atoms with E-state index in [1.807, 2.05) is 36.4 Å². The SMILES string of the molecule is C=C1CCCOO1.c1ccccc1. The normalized spacial score (nSPS) is 15.2. The van der Waals surface area contributed by atoms with Crippen molar-refractivity contribution < 1.29 is 9.78 Å². The Bertz CT molecular complexity index is 196. The van der Waals surface area contributed by atoms with Gasteiger partial charge in [0.25, 0.3) is 0 Å². The molecule has 0 aliphatic carbocycles. The van der Waals surface area contributed by atoms with Gasteiger partial charge in [-0.05, 0) is 6.42 Å². The highest BCUT2D eigenvalue weighted by molar-refractivity contribution is 4.99. The molecule has 1 aliphatic rings. The van der Waals surface area contributed by atoms with E-state index in [1.54, 1.807) is 0 Å². The lowest BCUT2D eigenvalue weighted by molar-refractivity contribution is -0.278. The molecule has 2 rings (SSSR count). The molecule has 0 N–H and O–H groups in total. The second-order valence-corrected chi connectivity index (χ2v) is 2.70. The van der Waals surface area contributed by atoms with Gasteiger partial charge in [0.2, 0.25) is 0 Å². The van der Waals surface area contributed by atoms with Crippen molar-refractivity contribution in [3.63, 3.8) is 0 Å². The van der Waals surface area contributed by atoms with E-state index in [9.17, 15) is 0 Å². The highest BCUT2D eigenvalue weighted by atomic mass is 17.2. The fourth-order valence-corrected chi connectivity index (χ4v) is 0.880. The third kappa shape index (κ3) is 5.04. The molecule has 2 nitrogen and oxygen atoms in total. The van der Waals surface area contributed by atoms with Gasteiger partial charge >= 0.3 is 0 Å². The fourth-order valence-electron chi connectivity index (χ4n) is 0.880. The maximum absolute atomic E-state index is 4.58. The molecule has 0 bridgehead atoms. The summed E-state index contributed by atoms with van der Waals surface area (Å²) in [5, 5.41) is 0. The van der Waals surface area contributed by atoms with Gasteiger partial charge in [-0.1, -0.05) is 43.0 Å². The van der Waals surface area contributed by atoms with E-state index in [4.69, 9.17) is 0 Å². The van der Waals surface area contributed by atoms with Gasteiger partial charge in [-0.3, -0.25) is 0 Å². The first-order valence-electron chi connectivity index (χ1n) is 4.37. The minimum absolute atomic E-state index is 0.707. The van der Waals surface area contributed by atoms with E-state index in [0.717, 1.165) is 18.6 Å². The molecule has 1 aliphatic heterocycles. The summed E-state index contributed by atoms with van der Waals surface area (Å²) in [5.41, 5.74) is 0. The zero-order valence-electron chi connectivity index (χ0n) is 7.61. The van der Waals surface area contributed by atoms with Crippen molar-refractivity contribution in [3.8, 4) is 0 Å². The van der Waals surface area contributed by atoms with Crippen LogP contribution in [-0.4, -0.2) is 6.61 Å². The molecular formula is C11H14O2. The van der Waals surface area contributed by atoms with Crippen molar-refractivity contribution >= 4 is 0 Å². The van der Waals surface area contributed by atoms with Crippen molar-refractivity contribution in [2.24, 2.45) is 0 Å². The largest absolute Gasteiger partial charge is 0.343 e. The van der Waals surface area contributed by atoms with Crippen LogP contribution in [0.15, 0.2) is 48.7 Å². The molecule has 1 fully saturated rings. The van der Waals surface area contributed by atoms with E-state index >= 15 is 0 Å². The number of allylic oxidation sites excluding steroid dienone is 1. The zero-order chi connectivity index (χ0) is 9.36. The van der Waals surface area contributed by atoms with Gasteiger partial charge in [0.05, 0.1) is 6.61 Å². The van der Waals surface area contributed by atoms with E-state index in [-0.39, 0.29) is 0 Å². The molecule has 0 unspecified atom stereocenters. The Morgan fingerprint density at radius 1 is 1.00 bits per heavy atom. The van der Waals surface area contributed by atoms with E-state index < -0.39 is 0 Å². The summed E-state index contributed by atoms with van der Waals surface area (Å²) in [5.74, 6) is 0.742. The first-order chi connectivity index (χ1) is 6.39. The molecule has 1 aromatic rings. The minimum Gasteiger partial charge on any atom is -0.343 e. The Hall–Kier alpha value is -1.28. The van der Waals surface area contributed by atoms with Crippen molar-refractivity contribution in [1.29, 1.82) is 0 Å². The quantitative estimate of drug-likeness (QED) is 0.569. The van der Waals surface area contributed by atoms with E-state index in [2.05, 4.69) is 16.4 Å². The van der Waals surface area contributed by atoms with Crippen molar-refractivity contribution in [1.82, 2.24) is 0 Å². The second-order valence-electron chi connectivity index (χ2n) is 2.70. The summed E-state index contributed by atoms with van der Waals surface area (Å²) >= 11 is 0. The molecule has 70 valence electrons. The molecular weight excluding hydrogens is 164 g/mol. The monoisotopic (exact) mass is 178 g/mol. The van der Waals surface area contributed by atoms with E-state index in [0.29, 0.717) is 6.61 Å². The summed E-state index contributed by atoms with van der Waals surface area (Å²) in [6.07, 6.45) is 1.98. The van der Waals surface area contributed by atoms with Gasteiger partial charge in [0.15, 0.2) is 0 Å². The van der Waals surface area contributed by atoms with Gasteiger partial charge in [0, 0.05) is 6.42 Å². The zero-order valence-corrected chi connectivity index (χ0v) is 7.61. The van der Waals surface area contributed by atoms with Crippen LogP contribution in [0.25, 0.3) is 0 Å². The Morgan fingerprint density at radius 3 is 1.77 bits per heavy atom. The lowest BCUT2D eigenvalue weighted by Crippen LogP contribution is -2.03. The highest BCUT2D eigenvalue weighted by Crippen LogP contribution is 2.10. The van der Waals surface area contributed by atoms with Crippen LogP contribution in [-0.2, 0) is 9.78 Å². The summed E-state index contributed by atoms with van der Waals surface area (Å²) in [7, 11) is 0. The summed E-state index contributed by atoms with van der Waals surface area (Å²) in [4.78, 5) is 9.17. The number of hydrogen-bond acceptors (Lipinski definition) is 2. The molecule has 2 heteroatoms. The third-order valence-electron chi connectivity index (χ3n) is 1.53. The average molecular weight is 178 g/mol. The molecule has 13 heavy (non-hydrogen) atoms. The fraction of sp³-hybridized carbons (Fsp3) is 0.273. The second kappa shape index (κ2) is 6.26. The Labute approximate surface area is 78.7 Å². The van der Waals surface area contributed by atoms with Crippen LogP contribution in [0.1, 0.15) is 12.8 Å². The highest BCUT2D eigenvalue weighted by Gasteiger charge is 2.02. The first-order valence-corrected chi connectivity index (χ1v) is 4.37. The lowest BCUT2D eigenvalue weighted by atomic mass is 10.3. The molecule has 0 amide bonds. The van der Waals surface area contributed by atoms with Crippen molar-refractivity contribution in [3.05, 3.63) is 48.7 Å². The molecule has 1 saturated heterocycles. The Morgan fingerprint density at radius 2 is 1.54 bits per heavy atom. The maximum atomic E-state index is 4.58. The topological polar surface area (TPSA) is 18.5 Å². The minimum atomic E-state index is 0.707. The smallest absolute Gasteiger partial charge is 0.135 e. The third-order valence-corrected chi connectivity index (χ3v) is 1.53. The molecule has 0 saturated carbocycles. The Balaban J connectivity index is 0.000000132. The average Bonchev–Trinajstić information content (AvgIpc) is 2.22. The lowest BCUT2D eigenvalue weighted by Gasteiger charge is -2.11. The molecule has 0 atom stereocenters. The predicted octanol–water partition coefficient (Wildman–Crippen LogP) is 2.93. The number of rotatable bonds is 0. The summed E-state index contributed by atoms with van der Waals surface area (Å²) in [6, 6.07) is 12.0. The van der Waals surface area contributed by atoms with Gasteiger partial charge in [-0.25, -0.2) is 0 Å². The van der Waals surface area contributed by atoms with Gasteiger partial charge in [-0.2, -0.15) is 4.89 Å². The van der Waals surface area contributed by atoms with Crippen LogP contribution in [0, 0.1) is 0 Å². The standard InChI is InChI=1S/C6H6.C5H8O2/c1-2-4-6-5-3-1;1-5-3-2-4-6-7-5/h1-6H;1-4H2. The number of hydrogen-bond donors (Lipinski definition) is 0. The summed E-state index contributed by atoms with van der Waals surface area (Å²) < 4.78 is 0. The van der Waals surface area contributed by atoms with Crippen LogP contribution >= 0.6 is 0 Å². The van der Waals surface area contributed by atoms with Crippen LogP contribution in [0.4, 0.5) is 0 Å². The first kappa shape index (κ1) is 9.81. The molecule has 0 aromatic heterocycles. The maximum Gasteiger partial charge on any atom is 0.135 e.